The van der Waals surface area contributed by atoms with Crippen LogP contribution in [-0.4, -0.2) is 21.9 Å². The number of hydrogen-bond acceptors (Lipinski definition) is 2. The normalized spacial score (nSPS) is 21.3. The Kier molecular flexibility index (Phi) is 4.42. The molecule has 1 fully saturated rings. The third kappa shape index (κ3) is 3.47. The number of nitrogens with zero attached hydrogens (tertiary/aromatic N) is 2. The van der Waals surface area contributed by atoms with E-state index in [1.54, 1.807) is 10.9 Å². The molecule has 5 nitrogen and oxygen atoms in total. The molecule has 1 saturated carbocycles. The first-order valence-corrected chi connectivity index (χ1v) is 7.89. The molecule has 1 heterocycles. The molecular weight excluding hydrogens is 276 g/mol. The maximum atomic E-state index is 12.3. The van der Waals surface area contributed by atoms with Crippen molar-refractivity contribution in [1.29, 1.82) is 0 Å². The standard InChI is InChI=1S/C17H22N4O/c1-13-6-4-7-14(12-13)19-17(22)20-15-8-2-3-9-16(15)21-11-5-10-18-21/h2-3,5,8-11,13-14H,4,6-7,12H2,1H3,(H2,19,20,22)/t13-,14-/m1/s1. The zero-order chi connectivity index (χ0) is 15.4. The van der Waals surface area contributed by atoms with Crippen LogP contribution in [0.25, 0.3) is 5.69 Å². The van der Waals surface area contributed by atoms with Gasteiger partial charge in [-0.2, -0.15) is 5.10 Å². The summed E-state index contributed by atoms with van der Waals surface area (Å²) in [5.41, 5.74) is 1.62. The lowest BCUT2D eigenvalue weighted by atomic mass is 9.87. The fourth-order valence-corrected chi connectivity index (χ4v) is 3.10. The van der Waals surface area contributed by atoms with E-state index >= 15 is 0 Å². The number of nitrogens with one attached hydrogen (secondary N) is 2. The minimum Gasteiger partial charge on any atom is -0.335 e. The first-order valence-electron chi connectivity index (χ1n) is 7.89. The van der Waals surface area contributed by atoms with Crippen molar-refractivity contribution in [2.45, 2.75) is 38.6 Å². The minimum atomic E-state index is -0.140. The van der Waals surface area contributed by atoms with E-state index in [-0.39, 0.29) is 12.1 Å². The van der Waals surface area contributed by atoms with Gasteiger partial charge in [-0.3, -0.25) is 0 Å². The lowest BCUT2D eigenvalue weighted by molar-refractivity contribution is 0.238. The molecule has 1 aromatic heterocycles. The Bertz CT molecular complexity index is 623. The van der Waals surface area contributed by atoms with Gasteiger partial charge in [0, 0.05) is 18.4 Å². The molecule has 2 N–H and O–H groups in total. The second kappa shape index (κ2) is 6.64. The Morgan fingerprint density at radius 1 is 1.27 bits per heavy atom. The van der Waals surface area contributed by atoms with Crippen LogP contribution in [0.5, 0.6) is 0 Å². The van der Waals surface area contributed by atoms with Crippen LogP contribution in [0.4, 0.5) is 10.5 Å². The van der Waals surface area contributed by atoms with Crippen molar-refractivity contribution in [2.24, 2.45) is 5.92 Å². The van der Waals surface area contributed by atoms with E-state index in [0.717, 1.165) is 24.2 Å². The highest BCUT2D eigenvalue weighted by molar-refractivity contribution is 5.91. The first-order chi connectivity index (χ1) is 10.7. The second-order valence-electron chi connectivity index (χ2n) is 6.03. The van der Waals surface area contributed by atoms with Gasteiger partial charge in [0.25, 0.3) is 0 Å². The lowest BCUT2D eigenvalue weighted by Gasteiger charge is -2.27. The van der Waals surface area contributed by atoms with E-state index in [4.69, 9.17) is 0 Å². The summed E-state index contributed by atoms with van der Waals surface area (Å²) in [5.74, 6) is 0.690. The van der Waals surface area contributed by atoms with E-state index < -0.39 is 0 Å². The fraction of sp³-hybridized carbons (Fsp3) is 0.412. The van der Waals surface area contributed by atoms with Gasteiger partial charge in [-0.25, -0.2) is 9.48 Å². The second-order valence-corrected chi connectivity index (χ2v) is 6.03. The van der Waals surface area contributed by atoms with Crippen LogP contribution in [-0.2, 0) is 0 Å². The number of carbonyl (C=O) groups is 1. The van der Waals surface area contributed by atoms with Crippen LogP contribution in [0, 0.1) is 5.92 Å². The maximum absolute atomic E-state index is 12.3. The smallest absolute Gasteiger partial charge is 0.319 e. The average molecular weight is 298 g/mol. The molecule has 5 heteroatoms. The van der Waals surface area contributed by atoms with Gasteiger partial charge in [0.15, 0.2) is 0 Å². The zero-order valence-corrected chi connectivity index (χ0v) is 12.8. The van der Waals surface area contributed by atoms with E-state index in [1.807, 2.05) is 36.5 Å². The van der Waals surface area contributed by atoms with E-state index in [1.165, 1.54) is 12.8 Å². The summed E-state index contributed by atoms with van der Waals surface area (Å²) in [6.07, 6.45) is 8.17. The Labute approximate surface area is 130 Å². The summed E-state index contributed by atoms with van der Waals surface area (Å²) in [4.78, 5) is 12.3. The SMILES string of the molecule is C[C@@H]1CCC[C@@H](NC(=O)Nc2ccccc2-n2cccn2)C1. The highest BCUT2D eigenvalue weighted by Gasteiger charge is 2.20. The Morgan fingerprint density at radius 2 is 2.14 bits per heavy atom. The fourth-order valence-electron chi connectivity index (χ4n) is 3.10. The predicted octanol–water partition coefficient (Wildman–Crippen LogP) is 3.57. The van der Waals surface area contributed by atoms with Gasteiger partial charge < -0.3 is 10.6 Å². The molecule has 1 aliphatic rings. The average Bonchev–Trinajstić information content (AvgIpc) is 3.02. The molecule has 0 unspecified atom stereocenters. The van der Waals surface area contributed by atoms with Gasteiger partial charge in [0.2, 0.25) is 0 Å². The summed E-state index contributed by atoms with van der Waals surface area (Å²) in [6.45, 7) is 2.25. The Hall–Kier alpha value is -2.30. The summed E-state index contributed by atoms with van der Waals surface area (Å²) in [6, 6.07) is 9.67. The number of para-hydroxylation sites is 2. The maximum Gasteiger partial charge on any atom is 0.319 e. The van der Waals surface area contributed by atoms with Gasteiger partial charge in [-0.05, 0) is 37.0 Å². The molecule has 2 aromatic rings. The number of benzene rings is 1. The van der Waals surface area contributed by atoms with Crippen molar-refractivity contribution in [3.8, 4) is 5.69 Å². The molecule has 2 atom stereocenters. The highest BCUT2D eigenvalue weighted by atomic mass is 16.2. The molecule has 2 amide bonds. The molecule has 0 radical (unpaired) electrons. The van der Waals surface area contributed by atoms with Crippen molar-refractivity contribution in [3.05, 3.63) is 42.7 Å². The molecule has 1 aromatic carbocycles. The quantitative estimate of drug-likeness (QED) is 0.910. The van der Waals surface area contributed by atoms with Crippen molar-refractivity contribution in [1.82, 2.24) is 15.1 Å². The summed E-state index contributed by atoms with van der Waals surface area (Å²) in [7, 11) is 0. The molecule has 1 aliphatic carbocycles. The molecule has 0 spiro atoms. The van der Waals surface area contributed by atoms with Crippen LogP contribution in [0.1, 0.15) is 32.6 Å². The van der Waals surface area contributed by atoms with Crippen molar-refractivity contribution in [2.75, 3.05) is 5.32 Å². The number of urea groups is 1. The van der Waals surface area contributed by atoms with Crippen LogP contribution in [0.2, 0.25) is 0 Å². The highest BCUT2D eigenvalue weighted by Crippen LogP contribution is 2.24. The summed E-state index contributed by atoms with van der Waals surface area (Å²) >= 11 is 0. The molecule has 3 rings (SSSR count). The molecule has 116 valence electrons. The van der Waals surface area contributed by atoms with Gasteiger partial charge in [-0.1, -0.05) is 31.9 Å². The topological polar surface area (TPSA) is 59.0 Å². The van der Waals surface area contributed by atoms with Crippen molar-refractivity contribution in [3.63, 3.8) is 0 Å². The Balaban J connectivity index is 1.67. The van der Waals surface area contributed by atoms with Crippen LogP contribution < -0.4 is 10.6 Å². The first kappa shape index (κ1) is 14.6. The molecule has 0 aliphatic heterocycles. The van der Waals surface area contributed by atoms with Gasteiger partial charge >= 0.3 is 6.03 Å². The predicted molar refractivity (Wildman–Crippen MR) is 87.1 cm³/mol. The molecule has 0 bridgehead atoms. The molecule has 0 saturated heterocycles. The number of anilines is 1. The van der Waals surface area contributed by atoms with E-state index in [0.29, 0.717) is 5.92 Å². The zero-order valence-electron chi connectivity index (χ0n) is 12.8. The van der Waals surface area contributed by atoms with Gasteiger partial charge in [0.1, 0.15) is 0 Å². The van der Waals surface area contributed by atoms with E-state index in [9.17, 15) is 4.79 Å². The summed E-state index contributed by atoms with van der Waals surface area (Å²) in [5, 5.41) is 10.3. The van der Waals surface area contributed by atoms with Crippen molar-refractivity contribution < 1.29 is 4.79 Å². The number of carbonyl (C=O) groups excluding carboxylic acids is 1. The third-order valence-electron chi connectivity index (χ3n) is 4.18. The molecular formula is C17H22N4O. The number of hydrogen-bond donors (Lipinski definition) is 2. The van der Waals surface area contributed by atoms with Gasteiger partial charge in [-0.15, -0.1) is 0 Å². The number of rotatable bonds is 3. The molecule has 22 heavy (non-hydrogen) atoms. The van der Waals surface area contributed by atoms with Crippen LogP contribution in [0.15, 0.2) is 42.7 Å². The largest absolute Gasteiger partial charge is 0.335 e. The minimum absolute atomic E-state index is 0.140. The van der Waals surface area contributed by atoms with Gasteiger partial charge in [0.05, 0.1) is 11.4 Å². The lowest BCUT2D eigenvalue weighted by Crippen LogP contribution is -2.40. The Morgan fingerprint density at radius 3 is 2.91 bits per heavy atom. The van der Waals surface area contributed by atoms with Crippen molar-refractivity contribution >= 4 is 11.7 Å². The number of aromatic nitrogens is 2. The van der Waals surface area contributed by atoms with Crippen LogP contribution in [0.3, 0.4) is 0 Å². The monoisotopic (exact) mass is 298 g/mol. The third-order valence-corrected chi connectivity index (χ3v) is 4.18. The van der Waals surface area contributed by atoms with Crippen LogP contribution >= 0.6 is 0 Å². The summed E-state index contributed by atoms with van der Waals surface area (Å²) < 4.78 is 1.75. The number of amides is 2. The van der Waals surface area contributed by atoms with E-state index in [2.05, 4.69) is 22.7 Å².